The van der Waals surface area contributed by atoms with Crippen LogP contribution in [0.3, 0.4) is 0 Å². The van der Waals surface area contributed by atoms with Crippen molar-refractivity contribution in [2.45, 2.75) is 6.92 Å². The van der Waals surface area contributed by atoms with Crippen molar-refractivity contribution in [1.29, 1.82) is 0 Å². The maximum atomic E-state index is 5.42. The number of nitrogens with one attached hydrogen (secondary N) is 1. The van der Waals surface area contributed by atoms with Crippen LogP contribution in [0.1, 0.15) is 5.56 Å². The van der Waals surface area contributed by atoms with E-state index in [9.17, 15) is 0 Å². The van der Waals surface area contributed by atoms with Gasteiger partial charge in [-0.1, -0.05) is 18.2 Å². The summed E-state index contributed by atoms with van der Waals surface area (Å²) in [5.41, 5.74) is 4.42. The lowest BCUT2D eigenvalue weighted by molar-refractivity contribution is 1.05. The Morgan fingerprint density at radius 2 is 1.94 bits per heavy atom. The molecule has 1 N–H and O–H groups in total. The van der Waals surface area contributed by atoms with Gasteiger partial charge in [-0.3, -0.25) is 4.57 Å². The van der Waals surface area contributed by atoms with Crippen LogP contribution >= 0.6 is 28.1 Å². The number of imidazole rings is 1. The Balaban J connectivity index is 2.41. The number of para-hydroxylation sites is 2. The smallest absolute Gasteiger partial charge is 0.182 e. The molecule has 1 heterocycles. The van der Waals surface area contributed by atoms with E-state index in [4.69, 9.17) is 12.2 Å². The molecule has 0 aliphatic rings. The van der Waals surface area contributed by atoms with E-state index in [0.29, 0.717) is 4.77 Å². The first-order valence-electron chi connectivity index (χ1n) is 5.63. The van der Waals surface area contributed by atoms with Gasteiger partial charge in [-0.05, 0) is 64.9 Å². The maximum absolute atomic E-state index is 5.42. The quantitative estimate of drug-likeness (QED) is 0.641. The number of benzene rings is 2. The van der Waals surface area contributed by atoms with Crippen LogP contribution < -0.4 is 0 Å². The van der Waals surface area contributed by atoms with Crippen molar-refractivity contribution >= 4 is 39.2 Å². The second-order valence-electron chi connectivity index (χ2n) is 4.24. The van der Waals surface area contributed by atoms with Gasteiger partial charge in [0.25, 0.3) is 0 Å². The highest BCUT2D eigenvalue weighted by atomic mass is 79.9. The Morgan fingerprint density at radius 1 is 1.17 bits per heavy atom. The normalized spacial score (nSPS) is 11.0. The summed E-state index contributed by atoms with van der Waals surface area (Å²) in [5.74, 6) is 0. The SMILES string of the molecule is Cc1ccc(Br)c(-n2c(=S)[nH]c3ccccc32)c1. The van der Waals surface area contributed by atoms with Crippen LogP contribution in [0.5, 0.6) is 0 Å². The minimum absolute atomic E-state index is 0.711. The first kappa shape index (κ1) is 11.7. The fourth-order valence-electron chi connectivity index (χ4n) is 2.09. The molecule has 0 amide bonds. The van der Waals surface area contributed by atoms with Crippen molar-refractivity contribution in [1.82, 2.24) is 9.55 Å². The molecule has 2 aromatic carbocycles. The van der Waals surface area contributed by atoms with Crippen LogP contribution in [-0.2, 0) is 0 Å². The largest absolute Gasteiger partial charge is 0.330 e. The number of rotatable bonds is 1. The van der Waals surface area contributed by atoms with Crippen molar-refractivity contribution in [2.75, 3.05) is 0 Å². The molecular weight excluding hydrogens is 308 g/mol. The van der Waals surface area contributed by atoms with E-state index < -0.39 is 0 Å². The Hall–Kier alpha value is -1.39. The lowest BCUT2D eigenvalue weighted by Crippen LogP contribution is -1.95. The first-order chi connectivity index (χ1) is 8.66. The highest BCUT2D eigenvalue weighted by Crippen LogP contribution is 2.26. The van der Waals surface area contributed by atoms with Crippen LogP contribution in [0.2, 0.25) is 0 Å². The average Bonchev–Trinajstić information content (AvgIpc) is 2.68. The predicted octanol–water partition coefficient (Wildman–Crippen LogP) is 4.76. The highest BCUT2D eigenvalue weighted by Gasteiger charge is 2.08. The summed E-state index contributed by atoms with van der Waals surface area (Å²) in [7, 11) is 0. The molecule has 0 radical (unpaired) electrons. The molecule has 0 unspecified atom stereocenters. The Bertz CT molecular complexity index is 786. The minimum Gasteiger partial charge on any atom is -0.330 e. The Morgan fingerprint density at radius 3 is 2.78 bits per heavy atom. The third kappa shape index (κ3) is 1.82. The zero-order valence-electron chi connectivity index (χ0n) is 9.77. The van der Waals surface area contributed by atoms with E-state index in [0.717, 1.165) is 21.2 Å². The van der Waals surface area contributed by atoms with Crippen LogP contribution in [0.25, 0.3) is 16.7 Å². The molecule has 3 rings (SSSR count). The predicted molar refractivity (Wildman–Crippen MR) is 80.9 cm³/mol. The molecule has 0 saturated heterocycles. The van der Waals surface area contributed by atoms with Gasteiger partial charge in [0.1, 0.15) is 0 Å². The fraction of sp³-hybridized carbons (Fsp3) is 0.0714. The fourth-order valence-corrected chi connectivity index (χ4v) is 2.82. The van der Waals surface area contributed by atoms with Crippen molar-refractivity contribution in [3.05, 3.63) is 57.3 Å². The molecular formula is C14H11BrN2S. The molecule has 3 aromatic rings. The number of fused-ring (bicyclic) bond motifs is 1. The summed E-state index contributed by atoms with van der Waals surface area (Å²) in [6.07, 6.45) is 0. The number of hydrogen-bond donors (Lipinski definition) is 1. The molecule has 4 heteroatoms. The number of H-pyrrole nitrogens is 1. The first-order valence-corrected chi connectivity index (χ1v) is 6.83. The lowest BCUT2D eigenvalue weighted by atomic mass is 10.2. The van der Waals surface area contributed by atoms with Crippen LogP contribution in [0.15, 0.2) is 46.9 Å². The van der Waals surface area contributed by atoms with E-state index in [1.807, 2.05) is 24.3 Å². The molecule has 1 aromatic heterocycles. The number of hydrogen-bond acceptors (Lipinski definition) is 1. The van der Waals surface area contributed by atoms with Gasteiger partial charge in [-0.25, -0.2) is 0 Å². The molecule has 0 aliphatic heterocycles. The number of halogens is 1. The van der Waals surface area contributed by atoms with Crippen LogP contribution in [0, 0.1) is 11.7 Å². The van der Waals surface area contributed by atoms with E-state index >= 15 is 0 Å². The summed E-state index contributed by atoms with van der Waals surface area (Å²) in [6, 6.07) is 14.4. The van der Waals surface area contributed by atoms with Crippen LogP contribution in [0.4, 0.5) is 0 Å². The number of aryl methyl sites for hydroxylation is 1. The lowest BCUT2D eigenvalue weighted by Gasteiger charge is -2.08. The highest BCUT2D eigenvalue weighted by molar-refractivity contribution is 9.10. The summed E-state index contributed by atoms with van der Waals surface area (Å²) in [5, 5.41) is 0. The van der Waals surface area contributed by atoms with Gasteiger partial charge < -0.3 is 4.98 Å². The Labute approximate surface area is 118 Å². The van der Waals surface area contributed by atoms with E-state index in [2.05, 4.69) is 50.6 Å². The van der Waals surface area contributed by atoms with E-state index in [-0.39, 0.29) is 0 Å². The Kier molecular flexibility index (Phi) is 2.84. The van der Waals surface area contributed by atoms with E-state index in [1.165, 1.54) is 5.56 Å². The standard InChI is InChI=1S/C14H11BrN2S/c1-9-6-7-10(15)13(8-9)17-12-5-3-2-4-11(12)16-14(17)18/h2-8H,1H3,(H,16,18). The molecule has 0 fully saturated rings. The van der Waals surface area contributed by atoms with Gasteiger partial charge in [0.15, 0.2) is 4.77 Å². The number of nitrogens with zero attached hydrogens (tertiary/aromatic N) is 1. The third-order valence-corrected chi connectivity index (χ3v) is 3.89. The van der Waals surface area contributed by atoms with Gasteiger partial charge in [-0.15, -0.1) is 0 Å². The third-order valence-electron chi connectivity index (χ3n) is 2.93. The molecule has 2 nitrogen and oxygen atoms in total. The zero-order valence-corrected chi connectivity index (χ0v) is 12.2. The average molecular weight is 319 g/mol. The zero-order chi connectivity index (χ0) is 12.7. The summed E-state index contributed by atoms with van der Waals surface area (Å²) in [6.45, 7) is 2.08. The molecule has 18 heavy (non-hydrogen) atoms. The molecule has 0 saturated carbocycles. The summed E-state index contributed by atoms with van der Waals surface area (Å²) in [4.78, 5) is 3.23. The molecule has 0 aliphatic carbocycles. The summed E-state index contributed by atoms with van der Waals surface area (Å²) < 4.78 is 3.80. The van der Waals surface area contributed by atoms with Crippen LogP contribution in [-0.4, -0.2) is 9.55 Å². The van der Waals surface area contributed by atoms with Gasteiger partial charge in [0, 0.05) is 4.47 Å². The topological polar surface area (TPSA) is 20.7 Å². The number of aromatic amines is 1. The maximum Gasteiger partial charge on any atom is 0.182 e. The number of aromatic nitrogens is 2. The summed E-state index contributed by atoms with van der Waals surface area (Å²) >= 11 is 9.02. The van der Waals surface area contributed by atoms with E-state index in [1.54, 1.807) is 0 Å². The molecule has 0 atom stereocenters. The molecule has 0 spiro atoms. The molecule has 0 bridgehead atoms. The van der Waals surface area contributed by atoms with Gasteiger partial charge >= 0.3 is 0 Å². The van der Waals surface area contributed by atoms with Gasteiger partial charge in [-0.2, -0.15) is 0 Å². The van der Waals surface area contributed by atoms with Gasteiger partial charge in [0.2, 0.25) is 0 Å². The van der Waals surface area contributed by atoms with Crippen molar-refractivity contribution in [2.24, 2.45) is 0 Å². The second kappa shape index (κ2) is 4.37. The van der Waals surface area contributed by atoms with Gasteiger partial charge in [0.05, 0.1) is 16.7 Å². The van der Waals surface area contributed by atoms with Crippen molar-refractivity contribution in [3.63, 3.8) is 0 Å². The second-order valence-corrected chi connectivity index (χ2v) is 5.48. The minimum atomic E-state index is 0.711. The monoisotopic (exact) mass is 318 g/mol. The molecule has 90 valence electrons. The van der Waals surface area contributed by atoms with Crippen molar-refractivity contribution in [3.8, 4) is 5.69 Å². The van der Waals surface area contributed by atoms with Crippen molar-refractivity contribution < 1.29 is 0 Å².